The van der Waals surface area contributed by atoms with Crippen molar-refractivity contribution in [2.45, 2.75) is 18.8 Å². The number of fused-ring (bicyclic) bond motifs is 1. The lowest BCUT2D eigenvalue weighted by Gasteiger charge is -2.17. The van der Waals surface area contributed by atoms with Crippen molar-refractivity contribution in [1.82, 2.24) is 14.6 Å². The van der Waals surface area contributed by atoms with Gasteiger partial charge >= 0.3 is 0 Å². The lowest BCUT2D eigenvalue weighted by atomic mass is 10.0. The van der Waals surface area contributed by atoms with E-state index in [0.717, 1.165) is 16.1 Å². The topological polar surface area (TPSA) is 30.2 Å². The van der Waals surface area contributed by atoms with Crippen molar-refractivity contribution in [3.05, 3.63) is 28.6 Å². The monoisotopic (exact) mass is 297 g/mol. The van der Waals surface area contributed by atoms with Crippen LogP contribution in [0.4, 0.5) is 0 Å². The summed E-state index contributed by atoms with van der Waals surface area (Å²) < 4.78 is 2.84. The molecule has 0 aliphatic carbocycles. The Morgan fingerprint density at radius 3 is 2.88 bits per heavy atom. The summed E-state index contributed by atoms with van der Waals surface area (Å²) >= 11 is 5.52. The highest BCUT2D eigenvalue weighted by atomic mass is 79.9. The molecule has 0 atom stereocenters. The molecule has 1 fully saturated rings. The Morgan fingerprint density at radius 2 is 2.12 bits per heavy atom. The van der Waals surface area contributed by atoms with Crippen LogP contribution in [-0.2, 0) is 0 Å². The van der Waals surface area contributed by atoms with Gasteiger partial charge < -0.3 is 0 Å². The van der Waals surface area contributed by atoms with Crippen LogP contribution in [0.25, 0.3) is 5.65 Å². The average Bonchev–Trinajstić information content (AvgIpc) is 2.76. The summed E-state index contributed by atoms with van der Waals surface area (Å²) in [6.45, 7) is 0. The Kier molecular flexibility index (Phi) is 2.90. The van der Waals surface area contributed by atoms with Gasteiger partial charge in [-0.1, -0.05) is 6.07 Å². The molecule has 0 N–H and O–H groups in total. The SMILES string of the molecule is Brc1cccc2nc(C3CCSCC3)nn12. The van der Waals surface area contributed by atoms with Crippen molar-refractivity contribution in [3.8, 4) is 0 Å². The molecule has 0 saturated carbocycles. The molecule has 2 aromatic rings. The summed E-state index contributed by atoms with van der Waals surface area (Å²) in [5, 5.41) is 4.59. The number of halogens is 1. The first-order valence-corrected chi connectivity index (χ1v) is 7.38. The molecule has 3 rings (SSSR count). The van der Waals surface area contributed by atoms with Gasteiger partial charge in [0.05, 0.1) is 0 Å². The van der Waals surface area contributed by atoms with Crippen molar-refractivity contribution < 1.29 is 0 Å². The number of nitrogens with zero attached hydrogens (tertiary/aromatic N) is 3. The lowest BCUT2D eigenvalue weighted by molar-refractivity contribution is 0.597. The molecule has 1 aliphatic heterocycles. The Bertz CT molecular complexity index is 505. The molecular weight excluding hydrogens is 286 g/mol. The van der Waals surface area contributed by atoms with Gasteiger partial charge in [0, 0.05) is 5.92 Å². The van der Waals surface area contributed by atoms with E-state index in [2.05, 4.69) is 26.0 Å². The van der Waals surface area contributed by atoms with E-state index >= 15 is 0 Å². The Balaban J connectivity index is 2.01. The van der Waals surface area contributed by atoms with Crippen molar-refractivity contribution in [1.29, 1.82) is 0 Å². The summed E-state index contributed by atoms with van der Waals surface area (Å²) in [5.74, 6) is 4.03. The number of rotatable bonds is 1. The van der Waals surface area contributed by atoms with E-state index in [1.54, 1.807) is 0 Å². The summed E-state index contributed by atoms with van der Waals surface area (Å²) in [4.78, 5) is 4.61. The second-order valence-corrected chi connectivity index (χ2v) is 6.01. The van der Waals surface area contributed by atoms with Crippen LogP contribution in [-0.4, -0.2) is 26.1 Å². The summed E-state index contributed by atoms with van der Waals surface area (Å²) in [5.41, 5.74) is 0.933. The molecule has 0 bridgehead atoms. The van der Waals surface area contributed by atoms with Crippen LogP contribution in [0.3, 0.4) is 0 Å². The van der Waals surface area contributed by atoms with E-state index in [0.29, 0.717) is 5.92 Å². The van der Waals surface area contributed by atoms with Gasteiger partial charge in [-0.2, -0.15) is 11.8 Å². The van der Waals surface area contributed by atoms with Gasteiger partial charge in [-0.25, -0.2) is 9.50 Å². The molecule has 0 radical (unpaired) electrons. The van der Waals surface area contributed by atoms with Crippen LogP contribution in [0.5, 0.6) is 0 Å². The Morgan fingerprint density at radius 1 is 1.31 bits per heavy atom. The van der Waals surface area contributed by atoms with Crippen molar-refractivity contribution in [2.75, 3.05) is 11.5 Å². The highest BCUT2D eigenvalue weighted by Crippen LogP contribution is 2.30. The first-order valence-electron chi connectivity index (χ1n) is 5.43. The average molecular weight is 298 g/mol. The van der Waals surface area contributed by atoms with E-state index in [1.807, 2.05) is 34.5 Å². The molecule has 5 heteroatoms. The maximum absolute atomic E-state index is 4.61. The first kappa shape index (κ1) is 10.6. The van der Waals surface area contributed by atoms with Gasteiger partial charge in [-0.15, -0.1) is 5.10 Å². The number of hydrogen-bond acceptors (Lipinski definition) is 3. The van der Waals surface area contributed by atoms with Crippen molar-refractivity contribution >= 4 is 33.3 Å². The number of aromatic nitrogens is 3. The summed E-state index contributed by atoms with van der Waals surface area (Å²) in [6.07, 6.45) is 2.42. The van der Waals surface area contributed by atoms with E-state index < -0.39 is 0 Å². The molecule has 0 aromatic carbocycles. The summed E-state index contributed by atoms with van der Waals surface area (Å²) in [6, 6.07) is 5.98. The van der Waals surface area contributed by atoms with Gasteiger partial charge in [0.2, 0.25) is 0 Å². The zero-order valence-corrected chi connectivity index (χ0v) is 11.2. The predicted octanol–water partition coefficient (Wildman–Crippen LogP) is 3.10. The van der Waals surface area contributed by atoms with E-state index in [-0.39, 0.29) is 0 Å². The minimum Gasteiger partial charge on any atom is -0.212 e. The maximum Gasteiger partial charge on any atom is 0.156 e. The van der Waals surface area contributed by atoms with Crippen LogP contribution >= 0.6 is 27.7 Å². The fourth-order valence-corrected chi connectivity index (χ4v) is 3.54. The van der Waals surface area contributed by atoms with Crippen LogP contribution in [0, 0.1) is 0 Å². The maximum atomic E-state index is 4.61. The fourth-order valence-electron chi connectivity index (χ4n) is 2.02. The minimum absolute atomic E-state index is 0.549. The number of hydrogen-bond donors (Lipinski definition) is 0. The lowest BCUT2D eigenvalue weighted by Crippen LogP contribution is -2.09. The van der Waals surface area contributed by atoms with E-state index in [4.69, 9.17) is 0 Å². The molecule has 3 heterocycles. The minimum atomic E-state index is 0.549. The molecule has 1 aliphatic rings. The fraction of sp³-hybridized carbons (Fsp3) is 0.455. The quantitative estimate of drug-likeness (QED) is 0.758. The standard InChI is InChI=1S/C11H12BrN3S/c12-9-2-1-3-10-13-11(14-15(9)10)8-4-6-16-7-5-8/h1-3,8H,4-7H2. The second kappa shape index (κ2) is 4.37. The Labute approximate surface area is 107 Å². The highest BCUT2D eigenvalue weighted by molar-refractivity contribution is 9.10. The molecule has 0 spiro atoms. The molecule has 1 saturated heterocycles. The van der Waals surface area contributed by atoms with Crippen LogP contribution < -0.4 is 0 Å². The van der Waals surface area contributed by atoms with Crippen LogP contribution in [0.1, 0.15) is 24.6 Å². The van der Waals surface area contributed by atoms with Crippen molar-refractivity contribution in [3.63, 3.8) is 0 Å². The van der Waals surface area contributed by atoms with E-state index in [9.17, 15) is 0 Å². The summed E-state index contributed by atoms with van der Waals surface area (Å²) in [7, 11) is 0. The third kappa shape index (κ3) is 1.86. The largest absolute Gasteiger partial charge is 0.212 e. The smallest absolute Gasteiger partial charge is 0.156 e. The third-order valence-corrected chi connectivity index (χ3v) is 4.57. The van der Waals surface area contributed by atoms with Gasteiger partial charge in [0.1, 0.15) is 4.60 Å². The Hall–Kier alpha value is -0.550. The van der Waals surface area contributed by atoms with Gasteiger partial charge in [0.15, 0.2) is 11.5 Å². The first-order chi connectivity index (χ1) is 7.84. The van der Waals surface area contributed by atoms with Crippen LogP contribution in [0.15, 0.2) is 22.8 Å². The zero-order chi connectivity index (χ0) is 11.0. The predicted molar refractivity (Wildman–Crippen MR) is 70.0 cm³/mol. The van der Waals surface area contributed by atoms with Gasteiger partial charge in [-0.05, 0) is 52.4 Å². The molecule has 2 aromatic heterocycles. The van der Waals surface area contributed by atoms with Gasteiger partial charge in [-0.3, -0.25) is 0 Å². The van der Waals surface area contributed by atoms with Crippen molar-refractivity contribution in [2.24, 2.45) is 0 Å². The highest BCUT2D eigenvalue weighted by Gasteiger charge is 2.20. The zero-order valence-electron chi connectivity index (χ0n) is 8.77. The molecule has 84 valence electrons. The third-order valence-electron chi connectivity index (χ3n) is 2.92. The normalized spacial score (nSPS) is 18.1. The molecular formula is C11H12BrN3S. The van der Waals surface area contributed by atoms with Gasteiger partial charge in [0.25, 0.3) is 0 Å². The number of pyridine rings is 1. The molecule has 3 nitrogen and oxygen atoms in total. The molecule has 0 unspecified atom stereocenters. The second-order valence-electron chi connectivity index (χ2n) is 3.98. The molecule has 16 heavy (non-hydrogen) atoms. The number of thioether (sulfide) groups is 1. The molecule has 0 amide bonds. The van der Waals surface area contributed by atoms with E-state index in [1.165, 1.54) is 24.3 Å². The van der Waals surface area contributed by atoms with Crippen LogP contribution in [0.2, 0.25) is 0 Å².